The van der Waals surface area contributed by atoms with E-state index in [1.807, 2.05) is 29.2 Å². The van der Waals surface area contributed by atoms with Gasteiger partial charge in [-0.3, -0.25) is 14.4 Å². The molecule has 2 aromatic carbocycles. The summed E-state index contributed by atoms with van der Waals surface area (Å²) in [5.41, 5.74) is 1.31. The molecule has 35 heavy (non-hydrogen) atoms. The average molecular weight is 489 g/mol. The van der Waals surface area contributed by atoms with Crippen LogP contribution in [0, 0.1) is 5.92 Å². The molecule has 2 heterocycles. The quantitative estimate of drug-likeness (QED) is 0.678. The molecule has 0 radical (unpaired) electrons. The molecule has 2 aliphatic rings. The number of piperidine rings is 1. The Morgan fingerprint density at radius 1 is 0.971 bits per heavy atom. The molecule has 186 valence electrons. The second-order valence-electron chi connectivity index (χ2n) is 8.80. The average Bonchev–Trinajstić information content (AvgIpc) is 2.87. The Labute approximate surface area is 201 Å². The van der Waals surface area contributed by atoms with E-state index < -0.39 is 11.7 Å². The third-order valence-corrected chi connectivity index (χ3v) is 6.42. The van der Waals surface area contributed by atoms with Crippen LogP contribution in [0.2, 0.25) is 0 Å². The van der Waals surface area contributed by atoms with Crippen LogP contribution in [-0.4, -0.2) is 55.3 Å². The van der Waals surface area contributed by atoms with Crippen LogP contribution in [0.5, 0.6) is 0 Å². The fraction of sp³-hybridized carbons (Fsp3) is 0.400. The van der Waals surface area contributed by atoms with E-state index in [-0.39, 0.29) is 29.2 Å². The zero-order chi connectivity index (χ0) is 25.0. The second-order valence-corrected chi connectivity index (χ2v) is 8.80. The van der Waals surface area contributed by atoms with Crippen LogP contribution in [0.1, 0.15) is 34.3 Å². The van der Waals surface area contributed by atoms with E-state index in [1.54, 1.807) is 4.90 Å². The highest BCUT2D eigenvalue weighted by Crippen LogP contribution is 2.29. The largest absolute Gasteiger partial charge is 0.416 e. The zero-order valence-electron chi connectivity index (χ0n) is 19.1. The monoisotopic (exact) mass is 488 g/mol. The first-order valence-electron chi connectivity index (χ1n) is 11.6. The normalized spacial score (nSPS) is 17.2. The third kappa shape index (κ3) is 6.12. The third-order valence-electron chi connectivity index (χ3n) is 6.42. The number of rotatable bonds is 5. The lowest BCUT2D eigenvalue weighted by molar-refractivity contribution is -0.137. The van der Waals surface area contributed by atoms with E-state index in [9.17, 15) is 27.6 Å². The summed E-state index contributed by atoms with van der Waals surface area (Å²) in [5.74, 6) is -0.634. The molecule has 2 aliphatic heterocycles. The summed E-state index contributed by atoms with van der Waals surface area (Å²) in [6.45, 7) is 2.82. The lowest BCUT2D eigenvalue weighted by atomic mass is 9.95. The molecular weight excluding hydrogens is 461 g/mol. The van der Waals surface area contributed by atoms with Gasteiger partial charge in [-0.2, -0.15) is 13.2 Å². The zero-order valence-corrected chi connectivity index (χ0v) is 19.1. The topological polar surface area (TPSA) is 81.8 Å². The van der Waals surface area contributed by atoms with Crippen molar-refractivity contribution in [3.63, 3.8) is 0 Å². The van der Waals surface area contributed by atoms with Crippen LogP contribution < -0.4 is 15.5 Å². The highest BCUT2D eigenvalue weighted by molar-refractivity contribution is 5.94. The molecule has 0 spiro atoms. The van der Waals surface area contributed by atoms with Gasteiger partial charge in [0.15, 0.2) is 0 Å². The molecule has 4 rings (SSSR count). The molecule has 2 saturated heterocycles. The number of halogens is 3. The molecule has 0 unspecified atom stereocenters. The van der Waals surface area contributed by atoms with Crippen molar-refractivity contribution in [2.24, 2.45) is 5.92 Å². The first-order chi connectivity index (χ1) is 16.7. The summed E-state index contributed by atoms with van der Waals surface area (Å²) in [7, 11) is 0. The van der Waals surface area contributed by atoms with Gasteiger partial charge in [-0.25, -0.2) is 0 Å². The molecular formula is C25H27F3N4O3. The second kappa shape index (κ2) is 10.4. The number of alkyl halides is 3. The number of nitrogens with one attached hydrogen (secondary N) is 2. The summed E-state index contributed by atoms with van der Waals surface area (Å²) < 4.78 is 38.2. The van der Waals surface area contributed by atoms with E-state index >= 15 is 0 Å². The number of anilines is 1. The summed E-state index contributed by atoms with van der Waals surface area (Å²) in [6, 6.07) is 11.9. The number of hydrogen-bond donors (Lipinski definition) is 2. The van der Waals surface area contributed by atoms with Crippen LogP contribution in [-0.2, 0) is 22.3 Å². The molecule has 3 amide bonds. The number of carbonyl (C=O) groups is 3. The summed E-state index contributed by atoms with van der Waals surface area (Å²) >= 11 is 0. The lowest BCUT2D eigenvalue weighted by Crippen LogP contribution is -2.47. The van der Waals surface area contributed by atoms with Crippen molar-refractivity contribution >= 4 is 23.4 Å². The Morgan fingerprint density at radius 3 is 2.23 bits per heavy atom. The van der Waals surface area contributed by atoms with E-state index in [4.69, 9.17) is 0 Å². The Hall–Kier alpha value is -3.56. The van der Waals surface area contributed by atoms with Crippen LogP contribution in [0.25, 0.3) is 0 Å². The predicted molar refractivity (Wildman–Crippen MR) is 124 cm³/mol. The molecule has 7 nitrogen and oxygen atoms in total. The van der Waals surface area contributed by atoms with Gasteiger partial charge in [0.2, 0.25) is 11.8 Å². The first-order valence-corrected chi connectivity index (χ1v) is 11.6. The maximum atomic E-state index is 12.7. The van der Waals surface area contributed by atoms with Gasteiger partial charge >= 0.3 is 6.18 Å². The van der Waals surface area contributed by atoms with Crippen molar-refractivity contribution in [1.82, 2.24) is 15.5 Å². The van der Waals surface area contributed by atoms with Crippen molar-refractivity contribution in [2.75, 3.05) is 37.6 Å². The van der Waals surface area contributed by atoms with E-state index in [2.05, 4.69) is 10.6 Å². The van der Waals surface area contributed by atoms with Crippen molar-refractivity contribution < 1.29 is 27.6 Å². The van der Waals surface area contributed by atoms with Crippen LogP contribution in [0.3, 0.4) is 0 Å². The van der Waals surface area contributed by atoms with Crippen molar-refractivity contribution in [3.8, 4) is 0 Å². The molecule has 2 N–H and O–H groups in total. The van der Waals surface area contributed by atoms with Gasteiger partial charge in [0.05, 0.1) is 12.1 Å². The lowest BCUT2D eigenvalue weighted by Gasteiger charge is -2.31. The minimum absolute atomic E-state index is 0.000280. The van der Waals surface area contributed by atoms with E-state index in [0.29, 0.717) is 45.6 Å². The highest BCUT2D eigenvalue weighted by atomic mass is 19.4. The number of piperazine rings is 1. The standard InChI is InChI=1S/C25H27F3N4O3/c26-25(27,28)20-5-3-19(4-6-20)24(35)31-12-9-18(10-13-31)23(34)30-15-17-1-7-21(8-2-17)32-14-11-29-22(33)16-32/h1-8,18H,9-16H2,(H,29,33)(H,30,34). The fourth-order valence-corrected chi connectivity index (χ4v) is 4.35. The fourth-order valence-electron chi connectivity index (χ4n) is 4.35. The Balaban J connectivity index is 1.23. The smallest absolute Gasteiger partial charge is 0.360 e. The number of hydrogen-bond acceptors (Lipinski definition) is 4. The van der Waals surface area contributed by atoms with Gasteiger partial charge in [-0.1, -0.05) is 12.1 Å². The van der Waals surface area contributed by atoms with Crippen LogP contribution >= 0.6 is 0 Å². The van der Waals surface area contributed by atoms with Gasteiger partial charge < -0.3 is 20.4 Å². The molecule has 0 saturated carbocycles. The van der Waals surface area contributed by atoms with Gasteiger partial charge in [0.25, 0.3) is 5.91 Å². The predicted octanol–water partition coefficient (Wildman–Crippen LogP) is 2.81. The van der Waals surface area contributed by atoms with Crippen LogP contribution in [0.15, 0.2) is 48.5 Å². The molecule has 0 aliphatic carbocycles. The first kappa shape index (κ1) is 24.6. The molecule has 2 aromatic rings. The summed E-state index contributed by atoms with van der Waals surface area (Å²) in [5, 5.41) is 5.74. The van der Waals surface area contributed by atoms with Crippen molar-refractivity contribution in [1.29, 1.82) is 0 Å². The Bertz CT molecular complexity index is 1060. The van der Waals surface area contributed by atoms with Crippen molar-refractivity contribution in [3.05, 3.63) is 65.2 Å². The van der Waals surface area contributed by atoms with Gasteiger partial charge in [-0.05, 0) is 54.8 Å². The number of nitrogens with zero attached hydrogens (tertiary/aromatic N) is 2. The summed E-state index contributed by atoms with van der Waals surface area (Å²) in [6.07, 6.45) is -3.46. The van der Waals surface area contributed by atoms with Crippen LogP contribution in [0.4, 0.5) is 18.9 Å². The minimum atomic E-state index is -4.44. The van der Waals surface area contributed by atoms with Gasteiger partial charge in [-0.15, -0.1) is 0 Å². The Kier molecular flexibility index (Phi) is 7.28. The molecule has 0 atom stereocenters. The van der Waals surface area contributed by atoms with E-state index in [1.165, 1.54) is 12.1 Å². The highest BCUT2D eigenvalue weighted by Gasteiger charge is 2.31. The minimum Gasteiger partial charge on any atom is -0.360 e. The number of likely N-dealkylation sites (tertiary alicyclic amines) is 1. The maximum absolute atomic E-state index is 12.7. The molecule has 10 heteroatoms. The van der Waals surface area contributed by atoms with Crippen molar-refractivity contribution in [2.45, 2.75) is 25.6 Å². The maximum Gasteiger partial charge on any atom is 0.416 e. The number of benzene rings is 2. The van der Waals surface area contributed by atoms with E-state index in [0.717, 1.165) is 29.9 Å². The summed E-state index contributed by atoms with van der Waals surface area (Å²) in [4.78, 5) is 40.4. The molecule has 2 fully saturated rings. The van der Waals surface area contributed by atoms with Gasteiger partial charge in [0.1, 0.15) is 0 Å². The van der Waals surface area contributed by atoms with Gasteiger partial charge in [0, 0.05) is 49.9 Å². The molecule has 0 bridgehead atoms. The number of carbonyl (C=O) groups excluding carboxylic acids is 3. The number of amides is 3. The molecule has 0 aromatic heterocycles. The SMILES string of the molecule is O=C1CN(c2ccc(CNC(=O)C3CCN(C(=O)c4ccc(C(F)(F)F)cc4)CC3)cc2)CCN1. The Morgan fingerprint density at radius 2 is 1.63 bits per heavy atom.